The third kappa shape index (κ3) is 3.78. The maximum atomic E-state index is 13.3. The Balaban J connectivity index is 1.57. The molecule has 4 amide bonds. The average Bonchev–Trinajstić information content (AvgIpc) is 3.23. The molecule has 0 spiro atoms. The zero-order chi connectivity index (χ0) is 20.4. The molecule has 0 radical (unpaired) electrons. The number of methoxy groups -OCH3 is 1. The van der Waals surface area contributed by atoms with Crippen LogP contribution in [-0.2, 0) is 9.59 Å². The highest BCUT2D eigenvalue weighted by Gasteiger charge is 2.52. The van der Waals surface area contributed by atoms with Gasteiger partial charge in [0.1, 0.15) is 17.7 Å². The summed E-state index contributed by atoms with van der Waals surface area (Å²) in [7, 11) is 1.55. The molecule has 0 saturated heterocycles. The molecule has 1 aromatic rings. The van der Waals surface area contributed by atoms with Gasteiger partial charge in [-0.3, -0.25) is 4.79 Å². The van der Waals surface area contributed by atoms with Gasteiger partial charge in [-0.1, -0.05) is 18.6 Å². The second kappa shape index (κ2) is 8.35. The Bertz CT molecular complexity index is 857. The molecule has 0 aromatic heterocycles. The van der Waals surface area contributed by atoms with Gasteiger partial charge in [0.25, 0.3) is 5.91 Å². The molecule has 0 bridgehead atoms. The number of imide groups is 1. The van der Waals surface area contributed by atoms with E-state index < -0.39 is 0 Å². The average molecular weight is 398 g/mol. The molecule has 1 N–H and O–H groups in total. The van der Waals surface area contributed by atoms with Crippen LogP contribution in [0.2, 0.25) is 0 Å². The molecule has 7 heteroatoms. The number of nitrogens with zero attached hydrogens (tertiary/aromatic N) is 2. The fourth-order valence-corrected chi connectivity index (χ4v) is 4.86. The fraction of sp³-hybridized carbons (Fsp3) is 0.545. The first-order valence-electron chi connectivity index (χ1n) is 10.5. The van der Waals surface area contributed by atoms with Crippen LogP contribution in [0.5, 0.6) is 5.75 Å². The van der Waals surface area contributed by atoms with E-state index in [1.165, 1.54) is 4.90 Å². The minimum Gasteiger partial charge on any atom is -0.495 e. The first-order chi connectivity index (χ1) is 14.1. The Morgan fingerprint density at radius 3 is 2.66 bits per heavy atom. The standard InChI is InChI=1S/C22H27N3O4/c1-29-19-13-6-5-11-17(19)23-20(26)14-24-18-12-7-10-16(18)21(27)25(22(24)28)15-8-3-2-4-9-15/h5-6,11,13,15-16H,2-4,7-10,12,14H2,1H3/p+1. The first kappa shape index (κ1) is 19.6. The van der Waals surface area contributed by atoms with Gasteiger partial charge in [0.05, 0.1) is 18.5 Å². The van der Waals surface area contributed by atoms with Crippen molar-refractivity contribution >= 4 is 29.2 Å². The number of nitrogens with one attached hydrogen (secondary N) is 1. The van der Waals surface area contributed by atoms with Gasteiger partial charge in [-0.25, -0.2) is 4.79 Å². The number of rotatable bonds is 5. The summed E-state index contributed by atoms with van der Waals surface area (Å²) in [5, 5.41) is 2.84. The summed E-state index contributed by atoms with van der Waals surface area (Å²) >= 11 is 0. The lowest BCUT2D eigenvalue weighted by Gasteiger charge is -2.31. The number of fused-ring (bicyclic) bond motifs is 1. The molecule has 7 nitrogen and oxygen atoms in total. The number of hydrogen-bond acceptors (Lipinski definition) is 4. The zero-order valence-corrected chi connectivity index (χ0v) is 16.9. The quantitative estimate of drug-likeness (QED) is 0.773. The fourth-order valence-electron chi connectivity index (χ4n) is 4.86. The number of benzene rings is 1. The van der Waals surface area contributed by atoms with Crippen molar-refractivity contribution in [3.05, 3.63) is 24.3 Å². The molecule has 4 rings (SSSR count). The van der Waals surface area contributed by atoms with Crippen LogP contribution >= 0.6 is 0 Å². The van der Waals surface area contributed by atoms with Crippen LogP contribution in [0.1, 0.15) is 51.4 Å². The van der Waals surface area contributed by atoms with E-state index in [4.69, 9.17) is 4.74 Å². The number of hydrogen-bond donors (Lipinski definition) is 1. The summed E-state index contributed by atoms with van der Waals surface area (Å²) in [4.78, 5) is 40.6. The molecule has 3 aliphatic rings. The maximum absolute atomic E-state index is 13.3. The van der Waals surface area contributed by atoms with Crippen LogP contribution in [0, 0.1) is 5.92 Å². The minimum atomic E-state index is -0.328. The highest BCUT2D eigenvalue weighted by atomic mass is 16.5. The Morgan fingerprint density at radius 1 is 1.14 bits per heavy atom. The SMILES string of the molecule is COc1ccccc1NC(=O)C[N+]1=C2CCCC2C(=O)N(C2CCCCC2)C1=O. The Morgan fingerprint density at radius 2 is 1.90 bits per heavy atom. The molecule has 1 aromatic carbocycles. The van der Waals surface area contributed by atoms with Crippen molar-refractivity contribution in [2.45, 2.75) is 57.4 Å². The maximum Gasteiger partial charge on any atom is 0.501 e. The van der Waals surface area contributed by atoms with Crippen molar-refractivity contribution in [1.82, 2.24) is 4.90 Å². The number of urea groups is 1. The van der Waals surface area contributed by atoms with Crippen molar-refractivity contribution < 1.29 is 23.7 Å². The second-order valence-corrected chi connectivity index (χ2v) is 8.05. The van der Waals surface area contributed by atoms with E-state index in [9.17, 15) is 14.4 Å². The molecule has 1 aliphatic heterocycles. The molecule has 2 saturated carbocycles. The molecule has 2 aliphatic carbocycles. The molecular weight excluding hydrogens is 370 g/mol. The van der Waals surface area contributed by atoms with E-state index in [2.05, 4.69) is 5.32 Å². The van der Waals surface area contributed by atoms with E-state index in [0.717, 1.165) is 50.7 Å². The van der Waals surface area contributed by atoms with E-state index in [-0.39, 0.29) is 36.3 Å². The van der Waals surface area contributed by atoms with Crippen molar-refractivity contribution in [3.8, 4) is 5.75 Å². The topological polar surface area (TPSA) is 78.7 Å². The summed E-state index contributed by atoms with van der Waals surface area (Å²) in [5.41, 5.74) is 1.37. The molecule has 2 fully saturated rings. The normalized spacial score (nSPS) is 22.7. The number of ether oxygens (including phenoxy) is 1. The Labute approximate surface area is 170 Å². The lowest BCUT2D eigenvalue weighted by Crippen LogP contribution is -2.58. The first-order valence-corrected chi connectivity index (χ1v) is 10.5. The van der Waals surface area contributed by atoms with Gasteiger partial charge >= 0.3 is 11.9 Å². The van der Waals surface area contributed by atoms with Crippen molar-refractivity contribution in [3.63, 3.8) is 0 Å². The van der Waals surface area contributed by atoms with Crippen LogP contribution in [0.15, 0.2) is 24.3 Å². The van der Waals surface area contributed by atoms with Gasteiger partial charge in [-0.15, -0.1) is 0 Å². The van der Waals surface area contributed by atoms with E-state index in [1.807, 2.05) is 12.1 Å². The third-order valence-corrected chi connectivity index (χ3v) is 6.27. The Hall–Kier alpha value is -2.70. The Kier molecular flexibility index (Phi) is 5.65. The molecule has 1 heterocycles. The summed E-state index contributed by atoms with van der Waals surface area (Å²) in [6.45, 7) is -0.0841. The largest absolute Gasteiger partial charge is 0.501 e. The molecular formula is C22H28N3O4+. The van der Waals surface area contributed by atoms with Crippen molar-refractivity contribution in [1.29, 1.82) is 0 Å². The number of amides is 4. The monoisotopic (exact) mass is 398 g/mol. The van der Waals surface area contributed by atoms with Crippen LogP contribution in [0.25, 0.3) is 0 Å². The van der Waals surface area contributed by atoms with Crippen molar-refractivity contribution in [2.24, 2.45) is 5.92 Å². The number of carbonyl (C=O) groups excluding carboxylic acids is 3. The van der Waals surface area contributed by atoms with Crippen molar-refractivity contribution in [2.75, 3.05) is 19.0 Å². The van der Waals surface area contributed by atoms with Gasteiger partial charge < -0.3 is 10.1 Å². The predicted molar refractivity (Wildman–Crippen MR) is 108 cm³/mol. The van der Waals surface area contributed by atoms with E-state index in [0.29, 0.717) is 17.9 Å². The number of carbonyl (C=O) groups is 3. The lowest BCUT2D eigenvalue weighted by atomic mass is 9.92. The highest BCUT2D eigenvalue weighted by molar-refractivity contribution is 6.12. The van der Waals surface area contributed by atoms with Gasteiger partial charge in [0.2, 0.25) is 0 Å². The smallest absolute Gasteiger partial charge is 0.495 e. The van der Waals surface area contributed by atoms with E-state index in [1.54, 1.807) is 23.8 Å². The highest BCUT2D eigenvalue weighted by Crippen LogP contribution is 2.33. The summed E-state index contributed by atoms with van der Waals surface area (Å²) in [6, 6.07) is 6.81. The molecule has 1 atom stereocenters. The summed E-state index contributed by atoms with van der Waals surface area (Å²) in [6.07, 6.45) is 7.29. The predicted octanol–water partition coefficient (Wildman–Crippen LogP) is 3.18. The van der Waals surface area contributed by atoms with Gasteiger partial charge in [0.15, 0.2) is 6.54 Å². The summed E-state index contributed by atoms with van der Waals surface area (Å²) in [5.74, 6) is -0.0420. The summed E-state index contributed by atoms with van der Waals surface area (Å²) < 4.78 is 6.84. The van der Waals surface area contributed by atoms with Gasteiger partial charge in [-0.05, 0) is 50.7 Å². The van der Waals surface area contributed by atoms with Crippen LogP contribution in [0.4, 0.5) is 10.5 Å². The minimum absolute atomic E-state index is 0.0364. The third-order valence-electron chi connectivity index (χ3n) is 6.27. The second-order valence-electron chi connectivity index (χ2n) is 8.05. The van der Waals surface area contributed by atoms with E-state index >= 15 is 0 Å². The van der Waals surface area contributed by atoms with Crippen LogP contribution in [-0.4, -0.2) is 52.7 Å². The van der Waals surface area contributed by atoms with Crippen LogP contribution in [0.3, 0.4) is 0 Å². The molecule has 1 unspecified atom stereocenters. The molecule has 154 valence electrons. The van der Waals surface area contributed by atoms with Crippen LogP contribution < -0.4 is 10.1 Å². The van der Waals surface area contributed by atoms with Gasteiger partial charge in [0, 0.05) is 6.42 Å². The molecule has 29 heavy (non-hydrogen) atoms. The number of anilines is 1. The number of para-hydroxylation sites is 2. The lowest BCUT2D eigenvalue weighted by molar-refractivity contribution is -0.430. The van der Waals surface area contributed by atoms with Gasteiger partial charge in [-0.2, -0.15) is 14.3 Å². The zero-order valence-electron chi connectivity index (χ0n) is 16.9.